The van der Waals surface area contributed by atoms with Gasteiger partial charge in [-0.15, -0.1) is 11.3 Å². The van der Waals surface area contributed by atoms with Gasteiger partial charge in [-0.2, -0.15) is 0 Å². The molecule has 1 aromatic heterocycles. The van der Waals surface area contributed by atoms with Crippen molar-refractivity contribution in [2.45, 2.75) is 6.42 Å². The number of carbonyl (C=O) groups excluding carboxylic acids is 1. The Morgan fingerprint density at radius 2 is 2.06 bits per heavy atom. The van der Waals surface area contributed by atoms with Crippen molar-refractivity contribution in [3.8, 4) is 16.2 Å². The number of thiophene rings is 1. The molecule has 0 atom stereocenters. The molecule has 4 N–H and O–H groups in total. The van der Waals surface area contributed by atoms with Crippen molar-refractivity contribution in [2.24, 2.45) is 5.84 Å². The lowest BCUT2D eigenvalue weighted by molar-refractivity contribution is -0.120. The number of nitrogens with two attached hydrogens (primary N) is 1. The molecule has 0 unspecified atom stereocenters. The summed E-state index contributed by atoms with van der Waals surface area (Å²) in [6, 6.07) is 7.62. The van der Waals surface area contributed by atoms with Crippen LogP contribution < -0.4 is 11.3 Å². The number of rotatable bonds is 3. The summed E-state index contributed by atoms with van der Waals surface area (Å²) in [6.45, 7) is 0. The first kappa shape index (κ1) is 13.1. The van der Waals surface area contributed by atoms with Crippen LogP contribution in [0.3, 0.4) is 0 Å². The molecule has 6 heteroatoms. The zero-order chi connectivity index (χ0) is 13.1. The van der Waals surface area contributed by atoms with Crippen LogP contribution in [0.5, 0.6) is 5.75 Å². The van der Waals surface area contributed by atoms with E-state index in [0.29, 0.717) is 5.56 Å². The third-order valence-electron chi connectivity index (χ3n) is 2.46. The van der Waals surface area contributed by atoms with Gasteiger partial charge in [0, 0.05) is 10.0 Å². The molecule has 18 heavy (non-hydrogen) atoms. The number of carbonyl (C=O) groups is 1. The van der Waals surface area contributed by atoms with E-state index in [4.69, 9.17) is 5.84 Å². The zero-order valence-corrected chi connectivity index (χ0v) is 11.7. The van der Waals surface area contributed by atoms with Crippen LogP contribution >= 0.6 is 27.3 Å². The van der Waals surface area contributed by atoms with Crippen molar-refractivity contribution in [2.75, 3.05) is 0 Å². The summed E-state index contributed by atoms with van der Waals surface area (Å²) in [6.07, 6.45) is 0.0787. The number of hydrogen-bond donors (Lipinski definition) is 3. The highest BCUT2D eigenvalue weighted by Crippen LogP contribution is 2.38. The van der Waals surface area contributed by atoms with Crippen LogP contribution in [0.4, 0.5) is 0 Å². The van der Waals surface area contributed by atoms with Gasteiger partial charge in [-0.05, 0) is 23.1 Å². The largest absolute Gasteiger partial charge is 0.506 e. The summed E-state index contributed by atoms with van der Waals surface area (Å²) in [5.41, 5.74) is 3.55. The van der Waals surface area contributed by atoms with Crippen LogP contribution in [0.25, 0.3) is 10.4 Å². The summed E-state index contributed by atoms with van der Waals surface area (Å²) in [5, 5.41) is 11.8. The van der Waals surface area contributed by atoms with E-state index in [0.717, 1.165) is 14.9 Å². The van der Waals surface area contributed by atoms with Crippen molar-refractivity contribution >= 4 is 33.2 Å². The van der Waals surface area contributed by atoms with Gasteiger partial charge in [-0.3, -0.25) is 10.2 Å². The van der Waals surface area contributed by atoms with Gasteiger partial charge in [0.25, 0.3) is 0 Å². The Bertz CT molecular complexity index is 566. The number of hydrogen-bond acceptors (Lipinski definition) is 4. The number of benzene rings is 1. The van der Waals surface area contributed by atoms with Gasteiger partial charge in [0.1, 0.15) is 5.75 Å². The number of amides is 1. The summed E-state index contributed by atoms with van der Waals surface area (Å²) in [7, 11) is 0. The molecule has 2 rings (SSSR count). The minimum Gasteiger partial charge on any atom is -0.506 e. The van der Waals surface area contributed by atoms with Crippen molar-refractivity contribution in [1.82, 2.24) is 5.43 Å². The highest BCUT2D eigenvalue weighted by molar-refractivity contribution is 9.10. The fourth-order valence-electron chi connectivity index (χ4n) is 1.54. The van der Waals surface area contributed by atoms with Crippen molar-refractivity contribution in [3.05, 3.63) is 39.7 Å². The third-order valence-corrected chi connectivity index (χ3v) is 4.05. The second-order valence-electron chi connectivity index (χ2n) is 3.69. The third kappa shape index (κ3) is 2.72. The Morgan fingerprint density at radius 3 is 2.67 bits per heavy atom. The Morgan fingerprint density at radius 1 is 1.39 bits per heavy atom. The van der Waals surface area contributed by atoms with Crippen LogP contribution in [-0.2, 0) is 11.2 Å². The van der Waals surface area contributed by atoms with Crippen LogP contribution in [0.1, 0.15) is 5.56 Å². The van der Waals surface area contributed by atoms with E-state index in [-0.39, 0.29) is 18.1 Å². The maximum Gasteiger partial charge on any atom is 0.238 e. The maximum absolute atomic E-state index is 11.2. The van der Waals surface area contributed by atoms with Crippen molar-refractivity contribution in [1.29, 1.82) is 0 Å². The van der Waals surface area contributed by atoms with Crippen LogP contribution in [0, 0.1) is 0 Å². The molecule has 0 bridgehead atoms. The molecule has 0 radical (unpaired) electrons. The smallest absolute Gasteiger partial charge is 0.238 e. The van der Waals surface area contributed by atoms with Gasteiger partial charge in [0.05, 0.1) is 11.3 Å². The standard InChI is InChI=1S/C12H11BrN2O2S/c13-9-3-1-7(2-4-9)12-11(17)8(6-18-12)5-10(16)15-14/h1-4,6,17H,5,14H2,(H,15,16). The Labute approximate surface area is 117 Å². The SMILES string of the molecule is NNC(=O)Cc1csc(-c2ccc(Br)cc2)c1O. The normalized spacial score (nSPS) is 10.3. The second-order valence-corrected chi connectivity index (χ2v) is 5.49. The van der Waals surface area contributed by atoms with Gasteiger partial charge in [0.15, 0.2) is 0 Å². The van der Waals surface area contributed by atoms with E-state index in [1.807, 2.05) is 29.7 Å². The monoisotopic (exact) mass is 326 g/mol. The molecule has 0 aliphatic heterocycles. The summed E-state index contributed by atoms with van der Waals surface area (Å²) in [5.74, 6) is 4.84. The number of hydrazine groups is 1. The molecule has 4 nitrogen and oxygen atoms in total. The number of halogens is 1. The molecule has 1 heterocycles. The summed E-state index contributed by atoms with van der Waals surface area (Å²) < 4.78 is 0.977. The second kappa shape index (κ2) is 5.51. The Balaban J connectivity index is 2.30. The lowest BCUT2D eigenvalue weighted by atomic mass is 10.1. The quantitative estimate of drug-likeness (QED) is 0.460. The molecule has 2 aromatic rings. The molecule has 1 amide bonds. The minimum absolute atomic E-state index is 0.0787. The number of aromatic hydroxyl groups is 1. The average Bonchev–Trinajstić information content (AvgIpc) is 2.72. The van der Waals surface area contributed by atoms with E-state index < -0.39 is 0 Å². The van der Waals surface area contributed by atoms with E-state index in [9.17, 15) is 9.90 Å². The zero-order valence-electron chi connectivity index (χ0n) is 9.31. The Hall–Kier alpha value is -1.37. The highest BCUT2D eigenvalue weighted by atomic mass is 79.9. The van der Waals surface area contributed by atoms with E-state index in [2.05, 4.69) is 15.9 Å². The fourth-order valence-corrected chi connectivity index (χ4v) is 2.78. The first-order valence-electron chi connectivity index (χ1n) is 5.16. The Kier molecular flexibility index (Phi) is 4.00. The predicted octanol–water partition coefficient (Wildman–Crippen LogP) is 2.42. The fraction of sp³-hybridized carbons (Fsp3) is 0.0833. The maximum atomic E-state index is 11.2. The van der Waals surface area contributed by atoms with E-state index in [1.165, 1.54) is 11.3 Å². The molecule has 0 spiro atoms. The molecule has 0 fully saturated rings. The first-order chi connectivity index (χ1) is 8.61. The molecular weight excluding hydrogens is 316 g/mol. The first-order valence-corrected chi connectivity index (χ1v) is 6.84. The van der Waals surface area contributed by atoms with Gasteiger partial charge in [0.2, 0.25) is 5.91 Å². The van der Waals surface area contributed by atoms with Crippen LogP contribution in [0.15, 0.2) is 34.1 Å². The molecular formula is C12H11BrN2O2S. The molecule has 1 aromatic carbocycles. The van der Waals surface area contributed by atoms with Gasteiger partial charge < -0.3 is 5.11 Å². The lowest BCUT2D eigenvalue weighted by Gasteiger charge is -2.01. The molecule has 94 valence electrons. The van der Waals surface area contributed by atoms with E-state index >= 15 is 0 Å². The van der Waals surface area contributed by atoms with Gasteiger partial charge in [-0.1, -0.05) is 28.1 Å². The number of nitrogens with one attached hydrogen (secondary N) is 1. The molecule has 0 saturated carbocycles. The molecule has 0 aliphatic carbocycles. The van der Waals surface area contributed by atoms with Gasteiger partial charge in [-0.25, -0.2) is 5.84 Å². The van der Waals surface area contributed by atoms with E-state index in [1.54, 1.807) is 5.38 Å². The highest BCUT2D eigenvalue weighted by Gasteiger charge is 2.14. The predicted molar refractivity (Wildman–Crippen MR) is 75.2 cm³/mol. The van der Waals surface area contributed by atoms with Crippen LogP contribution in [-0.4, -0.2) is 11.0 Å². The topological polar surface area (TPSA) is 75.3 Å². The van der Waals surface area contributed by atoms with Gasteiger partial charge >= 0.3 is 0 Å². The van der Waals surface area contributed by atoms with Crippen molar-refractivity contribution < 1.29 is 9.90 Å². The summed E-state index contributed by atoms with van der Waals surface area (Å²) in [4.78, 5) is 11.9. The average molecular weight is 327 g/mol. The van der Waals surface area contributed by atoms with Crippen LogP contribution in [0.2, 0.25) is 0 Å². The molecule has 0 aliphatic rings. The molecule has 0 saturated heterocycles. The summed E-state index contributed by atoms with van der Waals surface area (Å²) >= 11 is 4.76. The minimum atomic E-state index is -0.328. The van der Waals surface area contributed by atoms with Crippen molar-refractivity contribution in [3.63, 3.8) is 0 Å². The lowest BCUT2D eigenvalue weighted by Crippen LogP contribution is -2.31.